The number of nitrogens with zero attached hydrogens (tertiary/aromatic N) is 4. The van der Waals surface area contributed by atoms with Crippen LogP contribution in [-0.4, -0.2) is 46.9 Å². The summed E-state index contributed by atoms with van der Waals surface area (Å²) >= 11 is 0. The van der Waals surface area contributed by atoms with Gasteiger partial charge in [0.15, 0.2) is 5.82 Å². The highest BCUT2D eigenvalue weighted by molar-refractivity contribution is 5.93. The highest BCUT2D eigenvalue weighted by atomic mass is 19.1. The molecule has 0 spiro atoms. The van der Waals surface area contributed by atoms with Gasteiger partial charge in [-0.3, -0.25) is 0 Å². The van der Waals surface area contributed by atoms with Gasteiger partial charge in [-0.25, -0.2) is 22.6 Å². The lowest BCUT2D eigenvalue weighted by atomic mass is 9.91. The van der Waals surface area contributed by atoms with E-state index >= 15 is 0 Å². The van der Waals surface area contributed by atoms with Crippen LogP contribution in [0.25, 0.3) is 5.69 Å². The minimum atomic E-state index is -0.689. The Balaban J connectivity index is 1.55. The molecule has 1 aliphatic heterocycles. The van der Waals surface area contributed by atoms with E-state index in [2.05, 4.69) is 15.3 Å². The number of rotatable bonds is 3. The first-order valence-corrected chi connectivity index (χ1v) is 11.0. The van der Waals surface area contributed by atoms with Gasteiger partial charge >= 0.3 is 6.03 Å². The minimum absolute atomic E-state index is 0.00715. The Bertz CT molecular complexity index is 1190. The van der Waals surface area contributed by atoms with Crippen molar-refractivity contribution in [1.82, 2.24) is 14.7 Å². The van der Waals surface area contributed by atoms with Crippen molar-refractivity contribution >= 4 is 23.2 Å². The van der Waals surface area contributed by atoms with E-state index in [4.69, 9.17) is 5.73 Å². The van der Waals surface area contributed by atoms with Gasteiger partial charge in [0.05, 0.1) is 5.69 Å². The molecule has 0 saturated carbocycles. The van der Waals surface area contributed by atoms with Crippen LogP contribution in [0, 0.1) is 17.5 Å². The van der Waals surface area contributed by atoms with E-state index in [9.17, 15) is 18.0 Å². The minimum Gasteiger partial charge on any atom is -0.382 e. The van der Waals surface area contributed by atoms with E-state index in [1.165, 1.54) is 12.1 Å². The maximum Gasteiger partial charge on any atom is 0.322 e. The number of hydrogen-bond donors (Lipinski definition) is 2. The number of nitrogens with two attached hydrogens (primary N) is 1. The van der Waals surface area contributed by atoms with Crippen LogP contribution < -0.4 is 16.0 Å². The average Bonchev–Trinajstić information content (AvgIpc) is 3.12. The summed E-state index contributed by atoms with van der Waals surface area (Å²) in [5.41, 5.74) is 7.21. The molecule has 2 heterocycles. The topological polar surface area (TPSA) is 79.4 Å². The number of anilines is 3. The molecule has 1 fully saturated rings. The fourth-order valence-corrected chi connectivity index (χ4v) is 3.92. The summed E-state index contributed by atoms with van der Waals surface area (Å²) < 4.78 is 42.5. The zero-order chi connectivity index (χ0) is 24.6. The fraction of sp³-hybridized carbons (Fsp3) is 0.333. The Morgan fingerprint density at radius 2 is 1.59 bits per heavy atom. The van der Waals surface area contributed by atoms with Crippen molar-refractivity contribution < 1.29 is 18.0 Å². The highest BCUT2D eigenvalue weighted by Gasteiger charge is 2.30. The van der Waals surface area contributed by atoms with Crippen molar-refractivity contribution in [1.29, 1.82) is 0 Å². The molecular weight excluding hydrogens is 445 g/mol. The van der Waals surface area contributed by atoms with E-state index in [0.717, 1.165) is 28.6 Å². The molecule has 1 aromatic heterocycles. The second-order valence-corrected chi connectivity index (χ2v) is 9.25. The molecule has 0 radical (unpaired) electrons. The molecule has 34 heavy (non-hydrogen) atoms. The summed E-state index contributed by atoms with van der Waals surface area (Å²) in [5, 5.41) is 7.26. The van der Waals surface area contributed by atoms with E-state index in [-0.39, 0.29) is 29.0 Å². The second kappa shape index (κ2) is 8.92. The molecule has 3 N–H and O–H groups in total. The normalized spacial score (nSPS) is 14.4. The summed E-state index contributed by atoms with van der Waals surface area (Å²) in [4.78, 5) is 16.8. The number of carbonyl (C=O) groups is 1. The number of nitrogen functional groups attached to an aromatic ring is 1. The average molecular weight is 473 g/mol. The molecule has 180 valence electrons. The van der Waals surface area contributed by atoms with Crippen molar-refractivity contribution in [2.45, 2.75) is 26.2 Å². The Morgan fingerprint density at radius 3 is 2.21 bits per heavy atom. The highest BCUT2D eigenvalue weighted by Crippen LogP contribution is 2.35. The second-order valence-electron chi connectivity index (χ2n) is 9.25. The summed E-state index contributed by atoms with van der Waals surface area (Å²) in [6.07, 6.45) is 0. The molecule has 7 nitrogen and oxygen atoms in total. The quantitative estimate of drug-likeness (QED) is 0.587. The van der Waals surface area contributed by atoms with Gasteiger partial charge in [0, 0.05) is 43.3 Å². The van der Waals surface area contributed by atoms with Gasteiger partial charge in [-0.1, -0.05) is 20.8 Å². The standard InChI is InChI=1S/C24H27F3N6O/c1-24(2,3)21-20(22(28)33(30-21)19-14-16(26)6-9-18(19)27)29-23(34)32-12-10-31(11-13-32)17-7-4-15(25)5-8-17/h4-9,14H,10-13,28H2,1-3H3,(H,29,34). The lowest BCUT2D eigenvalue weighted by Crippen LogP contribution is -2.50. The van der Waals surface area contributed by atoms with Crippen LogP contribution in [0.1, 0.15) is 26.5 Å². The predicted octanol–water partition coefficient (Wildman–Crippen LogP) is 4.52. The van der Waals surface area contributed by atoms with Gasteiger partial charge in [-0.2, -0.15) is 5.10 Å². The van der Waals surface area contributed by atoms with E-state index in [1.807, 2.05) is 20.8 Å². The lowest BCUT2D eigenvalue weighted by Gasteiger charge is -2.36. The van der Waals surface area contributed by atoms with Gasteiger partial charge in [-0.05, 0) is 36.4 Å². The van der Waals surface area contributed by atoms with Crippen molar-refractivity contribution in [3.05, 3.63) is 65.6 Å². The summed E-state index contributed by atoms with van der Waals surface area (Å²) in [5.74, 6) is -1.61. The SMILES string of the molecule is CC(C)(C)c1nn(-c2cc(F)ccc2F)c(N)c1NC(=O)N1CCN(c2ccc(F)cc2)CC1. The third-order valence-corrected chi connectivity index (χ3v) is 5.76. The Labute approximate surface area is 195 Å². The van der Waals surface area contributed by atoms with Crippen LogP contribution in [0.5, 0.6) is 0 Å². The number of nitrogens with one attached hydrogen (secondary N) is 1. The molecule has 0 unspecified atom stereocenters. The van der Waals surface area contributed by atoms with Gasteiger partial charge in [0.2, 0.25) is 0 Å². The number of piperazine rings is 1. The third kappa shape index (κ3) is 4.66. The van der Waals surface area contributed by atoms with Crippen LogP contribution in [0.4, 0.5) is 35.2 Å². The van der Waals surface area contributed by atoms with Crippen LogP contribution in [0.3, 0.4) is 0 Å². The molecular formula is C24H27F3N6O. The summed E-state index contributed by atoms with van der Waals surface area (Å²) in [7, 11) is 0. The number of aromatic nitrogens is 2. The maximum atomic E-state index is 14.4. The fourth-order valence-electron chi connectivity index (χ4n) is 3.92. The zero-order valence-electron chi connectivity index (χ0n) is 19.3. The van der Waals surface area contributed by atoms with Crippen LogP contribution in [0.15, 0.2) is 42.5 Å². The molecule has 4 rings (SSSR count). The van der Waals surface area contributed by atoms with E-state index in [1.54, 1.807) is 17.0 Å². The molecule has 2 aromatic carbocycles. The van der Waals surface area contributed by atoms with Crippen LogP contribution in [-0.2, 0) is 5.41 Å². The van der Waals surface area contributed by atoms with Crippen LogP contribution >= 0.6 is 0 Å². The summed E-state index contributed by atoms with van der Waals surface area (Å²) in [6.45, 7) is 7.71. The number of benzene rings is 2. The molecule has 3 aromatic rings. The van der Waals surface area contributed by atoms with Gasteiger partial charge in [0.1, 0.15) is 28.8 Å². The van der Waals surface area contributed by atoms with E-state index in [0.29, 0.717) is 31.9 Å². The number of hydrogen-bond acceptors (Lipinski definition) is 4. The largest absolute Gasteiger partial charge is 0.382 e. The van der Waals surface area contributed by atoms with Crippen molar-refractivity contribution in [2.75, 3.05) is 42.1 Å². The molecule has 2 amide bonds. The van der Waals surface area contributed by atoms with Gasteiger partial charge < -0.3 is 20.9 Å². The first-order chi connectivity index (χ1) is 16.0. The smallest absolute Gasteiger partial charge is 0.322 e. The molecule has 0 bridgehead atoms. The Kier molecular flexibility index (Phi) is 6.16. The lowest BCUT2D eigenvalue weighted by molar-refractivity contribution is 0.208. The van der Waals surface area contributed by atoms with Crippen LogP contribution in [0.2, 0.25) is 0 Å². The predicted molar refractivity (Wildman–Crippen MR) is 126 cm³/mol. The summed E-state index contributed by atoms with van der Waals surface area (Å²) in [6, 6.07) is 8.89. The van der Waals surface area contributed by atoms with Crippen molar-refractivity contribution in [3.8, 4) is 5.69 Å². The third-order valence-electron chi connectivity index (χ3n) is 5.76. The maximum absolute atomic E-state index is 14.4. The monoisotopic (exact) mass is 472 g/mol. The van der Waals surface area contributed by atoms with Crippen molar-refractivity contribution in [2.24, 2.45) is 0 Å². The molecule has 0 atom stereocenters. The number of halogens is 3. The van der Waals surface area contributed by atoms with Crippen molar-refractivity contribution in [3.63, 3.8) is 0 Å². The zero-order valence-corrected chi connectivity index (χ0v) is 19.3. The Morgan fingerprint density at radius 1 is 0.971 bits per heavy atom. The van der Waals surface area contributed by atoms with E-state index < -0.39 is 17.0 Å². The first kappa shape index (κ1) is 23.5. The molecule has 1 saturated heterocycles. The van der Waals surface area contributed by atoms with Gasteiger partial charge in [0.25, 0.3) is 0 Å². The molecule has 10 heteroatoms. The number of carbonyl (C=O) groups excluding carboxylic acids is 1. The first-order valence-electron chi connectivity index (χ1n) is 11.0. The Hall–Kier alpha value is -3.69. The van der Waals surface area contributed by atoms with Gasteiger partial charge in [-0.15, -0.1) is 0 Å². The number of amides is 2. The molecule has 1 aliphatic rings. The number of urea groups is 1. The molecule has 0 aliphatic carbocycles.